The average molecular weight is 438 g/mol. The van der Waals surface area contributed by atoms with Gasteiger partial charge in [-0.2, -0.15) is 0 Å². The lowest BCUT2D eigenvalue weighted by atomic mass is 10.2. The van der Waals surface area contributed by atoms with Crippen molar-refractivity contribution in [3.8, 4) is 0 Å². The first-order valence-electron chi connectivity index (χ1n) is 8.81. The number of halogens is 1. The monoisotopic (exact) mass is 437 g/mol. The fourth-order valence-electron chi connectivity index (χ4n) is 3.21. The van der Waals surface area contributed by atoms with Gasteiger partial charge in [-0.15, -0.1) is 0 Å². The van der Waals surface area contributed by atoms with Gasteiger partial charge in [-0.3, -0.25) is 4.79 Å². The van der Waals surface area contributed by atoms with Gasteiger partial charge >= 0.3 is 6.09 Å². The van der Waals surface area contributed by atoms with Crippen molar-refractivity contribution in [1.29, 1.82) is 0 Å². The van der Waals surface area contributed by atoms with Crippen LogP contribution in [0, 0.1) is 0 Å². The highest BCUT2D eigenvalue weighted by atomic mass is 79.9. The molecule has 1 aliphatic rings. The molecule has 2 aromatic rings. The summed E-state index contributed by atoms with van der Waals surface area (Å²) in [5.41, 5.74) is 1.80. The van der Waals surface area contributed by atoms with Crippen molar-refractivity contribution in [3.05, 3.63) is 16.9 Å². The fourth-order valence-corrected chi connectivity index (χ4v) is 3.76. The Labute approximate surface area is 166 Å². The zero-order valence-corrected chi connectivity index (χ0v) is 17.4. The lowest BCUT2D eigenvalue weighted by Gasteiger charge is -2.23. The Kier molecular flexibility index (Phi) is 5.32. The molecule has 0 bridgehead atoms. The van der Waals surface area contributed by atoms with Gasteiger partial charge in [-0.05, 0) is 43.1 Å². The molecule has 1 atom stereocenters. The highest BCUT2D eigenvalue weighted by Gasteiger charge is 2.29. The quantitative estimate of drug-likeness (QED) is 0.683. The molecule has 0 spiro atoms. The third-order valence-corrected chi connectivity index (χ3v) is 4.75. The molecule has 146 valence electrons. The number of carbonyl (C=O) groups excluding carboxylic acids is 2. The van der Waals surface area contributed by atoms with E-state index in [1.165, 1.54) is 6.92 Å². The lowest BCUT2D eigenvalue weighted by molar-refractivity contribution is -0.114. The van der Waals surface area contributed by atoms with Crippen molar-refractivity contribution >= 4 is 50.3 Å². The highest BCUT2D eigenvalue weighted by molar-refractivity contribution is 9.10. The van der Waals surface area contributed by atoms with Crippen molar-refractivity contribution in [2.45, 2.75) is 45.8 Å². The summed E-state index contributed by atoms with van der Waals surface area (Å²) in [6.45, 7) is 8.40. The van der Waals surface area contributed by atoms with Crippen LogP contribution in [0.3, 0.4) is 0 Å². The zero-order chi connectivity index (χ0) is 19.8. The Morgan fingerprint density at radius 1 is 1.41 bits per heavy atom. The molecule has 2 aromatic heterocycles. The highest BCUT2D eigenvalue weighted by Crippen LogP contribution is 2.39. The number of anilines is 2. The van der Waals surface area contributed by atoms with Crippen LogP contribution in [0.15, 0.2) is 16.9 Å². The van der Waals surface area contributed by atoms with Gasteiger partial charge in [0.1, 0.15) is 11.2 Å². The second-order valence-corrected chi connectivity index (χ2v) is 8.49. The molecule has 27 heavy (non-hydrogen) atoms. The SMILES string of the molecule is CC(=O)Nc1c[nH]c2ncc(Br)c(N3CCC(NC(=O)OC(C)(C)C)C3)c12. The van der Waals surface area contributed by atoms with Crippen LogP contribution >= 0.6 is 15.9 Å². The van der Waals surface area contributed by atoms with E-state index in [0.717, 1.165) is 28.5 Å². The number of amides is 2. The van der Waals surface area contributed by atoms with Crippen LogP contribution in [0.4, 0.5) is 16.2 Å². The Balaban J connectivity index is 1.82. The molecule has 8 nitrogen and oxygen atoms in total. The van der Waals surface area contributed by atoms with Crippen LogP contribution in [0.25, 0.3) is 11.0 Å². The molecule has 1 saturated heterocycles. The molecule has 1 unspecified atom stereocenters. The Morgan fingerprint density at radius 2 is 2.15 bits per heavy atom. The third-order valence-electron chi connectivity index (χ3n) is 4.17. The molecule has 3 rings (SSSR count). The number of nitrogens with zero attached hydrogens (tertiary/aromatic N) is 2. The Hall–Kier alpha value is -2.29. The predicted octanol–water partition coefficient (Wildman–Crippen LogP) is 3.39. The van der Waals surface area contributed by atoms with Gasteiger partial charge in [0.15, 0.2) is 0 Å². The van der Waals surface area contributed by atoms with E-state index >= 15 is 0 Å². The molecule has 2 amide bonds. The number of hydrogen-bond donors (Lipinski definition) is 3. The van der Waals surface area contributed by atoms with Crippen LogP contribution < -0.4 is 15.5 Å². The number of rotatable bonds is 3. The summed E-state index contributed by atoms with van der Waals surface area (Å²) >= 11 is 3.58. The number of carbonyl (C=O) groups is 2. The van der Waals surface area contributed by atoms with E-state index < -0.39 is 11.7 Å². The van der Waals surface area contributed by atoms with Crippen molar-refractivity contribution in [3.63, 3.8) is 0 Å². The lowest BCUT2D eigenvalue weighted by Crippen LogP contribution is -2.40. The minimum absolute atomic E-state index is 0.0156. The number of aromatic nitrogens is 2. The molecule has 3 N–H and O–H groups in total. The maximum absolute atomic E-state index is 12.0. The standard InChI is InChI=1S/C18H24BrN5O3/c1-10(25)22-13-8-21-16-14(13)15(12(19)7-20-16)24-6-5-11(9-24)23-17(26)27-18(2,3)4/h7-8,11H,5-6,9H2,1-4H3,(H,20,21)(H,22,25)(H,23,26). The van der Waals surface area contributed by atoms with Gasteiger partial charge in [-0.1, -0.05) is 0 Å². The molecule has 9 heteroatoms. The summed E-state index contributed by atoms with van der Waals surface area (Å²) in [4.78, 5) is 33.2. The minimum atomic E-state index is -0.527. The van der Waals surface area contributed by atoms with Crippen molar-refractivity contribution in [2.24, 2.45) is 0 Å². The fraction of sp³-hybridized carbons (Fsp3) is 0.500. The van der Waals surface area contributed by atoms with E-state index in [9.17, 15) is 9.59 Å². The van der Waals surface area contributed by atoms with E-state index in [-0.39, 0.29) is 11.9 Å². The third kappa shape index (κ3) is 4.52. The van der Waals surface area contributed by atoms with Crippen LogP contribution in [0.5, 0.6) is 0 Å². The number of pyridine rings is 1. The summed E-state index contributed by atoms with van der Waals surface area (Å²) in [5, 5.41) is 6.62. The summed E-state index contributed by atoms with van der Waals surface area (Å²) < 4.78 is 6.18. The molecular formula is C18H24BrN5O3. The number of ether oxygens (including phenoxy) is 1. The predicted molar refractivity (Wildman–Crippen MR) is 108 cm³/mol. The summed E-state index contributed by atoms with van der Waals surface area (Å²) in [6.07, 6.45) is 3.87. The van der Waals surface area contributed by atoms with Crippen LogP contribution in [0.1, 0.15) is 34.1 Å². The number of aromatic amines is 1. The van der Waals surface area contributed by atoms with Crippen molar-refractivity contribution in [1.82, 2.24) is 15.3 Å². The first-order valence-corrected chi connectivity index (χ1v) is 9.61. The molecular weight excluding hydrogens is 414 g/mol. The van der Waals surface area contributed by atoms with E-state index in [1.54, 1.807) is 12.4 Å². The van der Waals surface area contributed by atoms with E-state index in [4.69, 9.17) is 4.74 Å². The molecule has 0 aromatic carbocycles. The van der Waals surface area contributed by atoms with E-state index in [0.29, 0.717) is 17.9 Å². The molecule has 1 fully saturated rings. The molecule has 0 radical (unpaired) electrons. The zero-order valence-electron chi connectivity index (χ0n) is 15.9. The van der Waals surface area contributed by atoms with Gasteiger partial charge in [0.05, 0.1) is 27.3 Å². The average Bonchev–Trinajstić information content (AvgIpc) is 3.12. The second-order valence-electron chi connectivity index (χ2n) is 7.64. The second kappa shape index (κ2) is 7.38. The summed E-state index contributed by atoms with van der Waals surface area (Å²) in [7, 11) is 0. The molecule has 3 heterocycles. The first-order chi connectivity index (χ1) is 12.6. The molecule has 0 aliphatic carbocycles. The van der Waals surface area contributed by atoms with Crippen LogP contribution in [-0.4, -0.2) is 46.7 Å². The number of H-pyrrole nitrogens is 1. The first kappa shape index (κ1) is 19.5. The van der Waals surface area contributed by atoms with Gasteiger partial charge < -0.3 is 25.3 Å². The van der Waals surface area contributed by atoms with Gasteiger partial charge in [-0.25, -0.2) is 9.78 Å². The topological polar surface area (TPSA) is 99.4 Å². The molecule has 0 saturated carbocycles. The number of alkyl carbamates (subject to hydrolysis) is 1. The number of fused-ring (bicyclic) bond motifs is 1. The molecule has 1 aliphatic heterocycles. The maximum Gasteiger partial charge on any atom is 0.407 e. The van der Waals surface area contributed by atoms with E-state index in [1.807, 2.05) is 20.8 Å². The van der Waals surface area contributed by atoms with Crippen molar-refractivity contribution in [2.75, 3.05) is 23.3 Å². The van der Waals surface area contributed by atoms with Crippen molar-refractivity contribution < 1.29 is 14.3 Å². The van der Waals surface area contributed by atoms with E-state index in [2.05, 4.69) is 41.4 Å². The number of hydrogen-bond acceptors (Lipinski definition) is 5. The summed E-state index contributed by atoms with van der Waals surface area (Å²) in [5.74, 6) is -0.146. The smallest absolute Gasteiger partial charge is 0.407 e. The van der Waals surface area contributed by atoms with Crippen LogP contribution in [0.2, 0.25) is 0 Å². The van der Waals surface area contributed by atoms with Gasteiger partial charge in [0.2, 0.25) is 5.91 Å². The minimum Gasteiger partial charge on any atom is -0.444 e. The van der Waals surface area contributed by atoms with Crippen LogP contribution in [-0.2, 0) is 9.53 Å². The van der Waals surface area contributed by atoms with Gasteiger partial charge in [0, 0.05) is 32.4 Å². The normalized spacial score (nSPS) is 17.2. The largest absolute Gasteiger partial charge is 0.444 e. The maximum atomic E-state index is 12.0. The Morgan fingerprint density at radius 3 is 2.81 bits per heavy atom. The summed E-state index contributed by atoms with van der Waals surface area (Å²) in [6, 6.07) is -0.0156. The Bertz CT molecular complexity index is 874. The van der Waals surface area contributed by atoms with Gasteiger partial charge in [0.25, 0.3) is 0 Å². The number of nitrogens with one attached hydrogen (secondary N) is 3.